The molecule has 3 N–H and O–H groups in total. The van der Waals surface area contributed by atoms with Crippen LogP contribution in [0.15, 0.2) is 35.1 Å². The van der Waals surface area contributed by atoms with Gasteiger partial charge in [-0.25, -0.2) is 9.89 Å². The van der Waals surface area contributed by atoms with Crippen LogP contribution in [0.2, 0.25) is 0 Å². The van der Waals surface area contributed by atoms with Gasteiger partial charge < -0.3 is 20.3 Å². The maximum absolute atomic E-state index is 12.7. The predicted octanol–water partition coefficient (Wildman–Crippen LogP) is 3.56. The van der Waals surface area contributed by atoms with Crippen LogP contribution < -0.4 is 16.2 Å². The molecule has 0 saturated carbocycles. The van der Waals surface area contributed by atoms with Crippen LogP contribution in [0, 0.1) is 13.8 Å². The van der Waals surface area contributed by atoms with Gasteiger partial charge in [0.15, 0.2) is 5.82 Å². The molecule has 1 aliphatic rings. The standard InChI is InChI=1S/C24H31N7O3/c1-14-10-21(29-30(14)6)25-20-11-19(27-28-22(20)32)17-8-7-9-18(15(17)2)26-23(33)31-12-16(13-31)34-24(3,4)5/h7-11,16H,12-13H2,1-6H3,(H,26,33)(H,28,32)(H,25,27,29). The Bertz CT molecular complexity index is 1250. The van der Waals surface area contributed by atoms with E-state index in [2.05, 4.69) is 25.9 Å². The number of likely N-dealkylation sites (tertiary alicyclic amines) is 1. The number of carbonyl (C=O) groups excluding carboxylic acids is 1. The van der Waals surface area contributed by atoms with E-state index in [9.17, 15) is 9.59 Å². The number of rotatable bonds is 5. The highest BCUT2D eigenvalue weighted by atomic mass is 16.5. The lowest BCUT2D eigenvalue weighted by molar-refractivity contribution is -0.110. The molecule has 3 heterocycles. The van der Waals surface area contributed by atoms with Crippen molar-refractivity contribution in [2.24, 2.45) is 7.05 Å². The maximum atomic E-state index is 12.7. The molecule has 10 nitrogen and oxygen atoms in total. The van der Waals surface area contributed by atoms with Crippen LogP contribution in [0.1, 0.15) is 32.0 Å². The summed E-state index contributed by atoms with van der Waals surface area (Å²) < 4.78 is 7.63. The number of aromatic amines is 1. The molecule has 1 aromatic carbocycles. The average molecular weight is 466 g/mol. The highest BCUT2D eigenvalue weighted by molar-refractivity contribution is 5.92. The fraction of sp³-hybridized carbons (Fsp3) is 0.417. The second kappa shape index (κ2) is 8.94. The molecule has 1 saturated heterocycles. The number of carbonyl (C=O) groups is 1. The molecule has 3 aromatic rings. The van der Waals surface area contributed by atoms with Crippen molar-refractivity contribution in [1.82, 2.24) is 24.9 Å². The molecule has 1 aliphatic heterocycles. The van der Waals surface area contributed by atoms with Crippen molar-refractivity contribution in [2.45, 2.75) is 46.3 Å². The van der Waals surface area contributed by atoms with Crippen molar-refractivity contribution >= 4 is 23.2 Å². The predicted molar refractivity (Wildman–Crippen MR) is 131 cm³/mol. The van der Waals surface area contributed by atoms with E-state index in [1.807, 2.05) is 65.9 Å². The Labute approximate surface area is 198 Å². The van der Waals surface area contributed by atoms with Gasteiger partial charge in [-0.05, 0) is 52.3 Å². The Morgan fingerprint density at radius 3 is 2.56 bits per heavy atom. The van der Waals surface area contributed by atoms with E-state index in [1.165, 1.54) is 0 Å². The van der Waals surface area contributed by atoms with Gasteiger partial charge in [-0.1, -0.05) is 12.1 Å². The first-order valence-corrected chi connectivity index (χ1v) is 11.2. The zero-order chi connectivity index (χ0) is 24.6. The molecule has 0 spiro atoms. The van der Waals surface area contributed by atoms with Crippen molar-refractivity contribution in [1.29, 1.82) is 0 Å². The normalized spacial score (nSPS) is 14.1. The van der Waals surface area contributed by atoms with Crippen LogP contribution in [-0.2, 0) is 11.8 Å². The highest BCUT2D eigenvalue weighted by Gasteiger charge is 2.34. The van der Waals surface area contributed by atoms with Gasteiger partial charge >= 0.3 is 6.03 Å². The lowest BCUT2D eigenvalue weighted by Crippen LogP contribution is -2.57. The number of aryl methyl sites for hydroxylation is 2. The number of anilines is 3. The molecule has 180 valence electrons. The number of hydrogen-bond acceptors (Lipinski definition) is 6. The van der Waals surface area contributed by atoms with Gasteiger partial charge in [0.25, 0.3) is 5.56 Å². The third kappa shape index (κ3) is 5.12. The third-order valence-corrected chi connectivity index (χ3v) is 5.69. The molecular weight excluding hydrogens is 434 g/mol. The fourth-order valence-corrected chi connectivity index (χ4v) is 3.82. The van der Waals surface area contributed by atoms with E-state index < -0.39 is 0 Å². The van der Waals surface area contributed by atoms with E-state index in [0.717, 1.165) is 16.8 Å². The lowest BCUT2D eigenvalue weighted by Gasteiger charge is -2.41. The van der Waals surface area contributed by atoms with Crippen LogP contribution in [0.3, 0.4) is 0 Å². The molecular formula is C24H31N7O3. The van der Waals surface area contributed by atoms with Crippen LogP contribution in [-0.4, -0.2) is 55.7 Å². The molecule has 0 bridgehead atoms. The molecule has 10 heteroatoms. The number of nitrogens with zero attached hydrogens (tertiary/aromatic N) is 4. The Morgan fingerprint density at radius 1 is 1.18 bits per heavy atom. The number of hydrogen-bond donors (Lipinski definition) is 3. The lowest BCUT2D eigenvalue weighted by atomic mass is 10.0. The molecule has 34 heavy (non-hydrogen) atoms. The second-order valence-corrected chi connectivity index (χ2v) is 9.58. The van der Waals surface area contributed by atoms with Crippen LogP contribution in [0.25, 0.3) is 11.3 Å². The first-order chi connectivity index (χ1) is 16.0. The quantitative estimate of drug-likeness (QED) is 0.530. The average Bonchev–Trinajstić information content (AvgIpc) is 3.04. The number of urea groups is 1. The number of nitrogens with one attached hydrogen (secondary N) is 3. The zero-order valence-electron chi connectivity index (χ0n) is 20.4. The number of benzene rings is 1. The van der Waals surface area contributed by atoms with Crippen LogP contribution in [0.5, 0.6) is 0 Å². The number of amides is 2. The molecule has 0 aliphatic carbocycles. The summed E-state index contributed by atoms with van der Waals surface area (Å²) in [7, 11) is 1.84. The first-order valence-electron chi connectivity index (χ1n) is 11.2. The van der Waals surface area contributed by atoms with Gasteiger partial charge in [0.2, 0.25) is 0 Å². The van der Waals surface area contributed by atoms with Crippen molar-refractivity contribution < 1.29 is 9.53 Å². The molecule has 4 rings (SSSR count). The SMILES string of the molecule is Cc1c(NC(=O)N2CC(OC(C)(C)C)C2)cccc1-c1cc(Nc2cc(C)n(C)n2)c(=O)[nH]n1. The van der Waals surface area contributed by atoms with E-state index in [-0.39, 0.29) is 23.3 Å². The minimum Gasteiger partial charge on any atom is -0.369 e. The van der Waals surface area contributed by atoms with Gasteiger partial charge in [-0.2, -0.15) is 10.2 Å². The second-order valence-electron chi connectivity index (χ2n) is 9.58. The van der Waals surface area contributed by atoms with Gasteiger partial charge in [0.05, 0.1) is 30.5 Å². The third-order valence-electron chi connectivity index (χ3n) is 5.69. The summed E-state index contributed by atoms with van der Waals surface area (Å²) in [5, 5.41) is 17.1. The monoisotopic (exact) mass is 465 g/mol. The largest absolute Gasteiger partial charge is 0.369 e. The zero-order valence-corrected chi connectivity index (χ0v) is 20.4. The summed E-state index contributed by atoms with van der Waals surface area (Å²) >= 11 is 0. The Kier molecular flexibility index (Phi) is 6.18. The van der Waals surface area contributed by atoms with Crippen LogP contribution in [0.4, 0.5) is 22.0 Å². The van der Waals surface area contributed by atoms with E-state index in [4.69, 9.17) is 4.74 Å². The molecule has 0 radical (unpaired) electrons. The maximum Gasteiger partial charge on any atom is 0.322 e. The van der Waals surface area contributed by atoms with Gasteiger partial charge in [0, 0.05) is 30.1 Å². The van der Waals surface area contributed by atoms with E-state index in [0.29, 0.717) is 36.0 Å². The van der Waals surface area contributed by atoms with Gasteiger partial charge in [-0.3, -0.25) is 9.48 Å². The summed E-state index contributed by atoms with van der Waals surface area (Å²) in [6, 6.07) is 8.96. The molecule has 1 fully saturated rings. The van der Waals surface area contributed by atoms with Gasteiger partial charge in [-0.15, -0.1) is 0 Å². The van der Waals surface area contributed by atoms with E-state index in [1.54, 1.807) is 15.6 Å². The molecule has 0 atom stereocenters. The number of H-pyrrole nitrogens is 1. The fourth-order valence-electron chi connectivity index (χ4n) is 3.82. The Balaban J connectivity index is 1.50. The van der Waals surface area contributed by atoms with Crippen LogP contribution >= 0.6 is 0 Å². The minimum atomic E-state index is -0.348. The minimum absolute atomic E-state index is 0.0531. The van der Waals surface area contributed by atoms with Crippen molar-refractivity contribution in [3.8, 4) is 11.3 Å². The molecule has 0 unspecified atom stereocenters. The number of aromatic nitrogens is 4. The Morgan fingerprint density at radius 2 is 1.91 bits per heavy atom. The Hall–Kier alpha value is -3.66. The van der Waals surface area contributed by atoms with Crippen molar-refractivity contribution in [2.75, 3.05) is 23.7 Å². The number of ether oxygens (including phenoxy) is 1. The molecule has 2 amide bonds. The summed E-state index contributed by atoms with van der Waals surface area (Å²) in [6.45, 7) is 11.0. The smallest absolute Gasteiger partial charge is 0.322 e. The summed E-state index contributed by atoms with van der Waals surface area (Å²) in [5.74, 6) is 0.573. The summed E-state index contributed by atoms with van der Waals surface area (Å²) in [4.78, 5) is 26.8. The summed E-state index contributed by atoms with van der Waals surface area (Å²) in [5.41, 5.74) is 3.62. The molecule has 2 aromatic heterocycles. The highest BCUT2D eigenvalue weighted by Crippen LogP contribution is 2.29. The van der Waals surface area contributed by atoms with Crippen molar-refractivity contribution in [3.05, 3.63) is 51.9 Å². The first kappa shape index (κ1) is 23.5. The van der Waals surface area contributed by atoms with Gasteiger partial charge in [0.1, 0.15) is 5.69 Å². The summed E-state index contributed by atoms with van der Waals surface area (Å²) in [6.07, 6.45) is 0.0531. The van der Waals surface area contributed by atoms with Crippen molar-refractivity contribution in [3.63, 3.8) is 0 Å². The topological polar surface area (TPSA) is 117 Å². The van der Waals surface area contributed by atoms with E-state index >= 15 is 0 Å².